The van der Waals surface area contributed by atoms with E-state index in [-0.39, 0.29) is 23.6 Å². The van der Waals surface area contributed by atoms with Crippen molar-refractivity contribution in [1.29, 1.82) is 0 Å². The molecule has 2 aromatic heterocycles. The smallest absolute Gasteiger partial charge is 0.300 e. The molecule has 0 aliphatic rings. The van der Waals surface area contributed by atoms with Crippen LogP contribution in [0.1, 0.15) is 15.2 Å². The standard InChI is InChI=1S/C11H9BrN4O3S/c12-7-1-2-20-9(7)5-15-11(17)6-3-10(13)14-4-8(6)16(18)19/h1-4H,5H2,(H2,13,14)(H,15,17). The van der Waals surface area contributed by atoms with Crippen LogP contribution in [-0.2, 0) is 6.54 Å². The highest BCUT2D eigenvalue weighted by molar-refractivity contribution is 9.10. The molecule has 0 saturated carbocycles. The summed E-state index contributed by atoms with van der Waals surface area (Å²) in [6.45, 7) is 0.274. The molecule has 1 amide bonds. The number of nitrogen functional groups attached to an aromatic ring is 1. The van der Waals surface area contributed by atoms with Gasteiger partial charge in [0, 0.05) is 9.35 Å². The zero-order valence-electron chi connectivity index (χ0n) is 10.00. The van der Waals surface area contributed by atoms with Gasteiger partial charge in [-0.15, -0.1) is 11.3 Å². The molecule has 3 N–H and O–H groups in total. The van der Waals surface area contributed by atoms with Gasteiger partial charge in [0.1, 0.15) is 17.6 Å². The van der Waals surface area contributed by atoms with Crippen molar-refractivity contribution in [2.45, 2.75) is 6.54 Å². The van der Waals surface area contributed by atoms with Crippen LogP contribution in [0.25, 0.3) is 0 Å². The molecule has 2 rings (SSSR count). The minimum absolute atomic E-state index is 0.0538. The van der Waals surface area contributed by atoms with E-state index < -0.39 is 10.8 Å². The van der Waals surface area contributed by atoms with Gasteiger partial charge in [0.25, 0.3) is 11.6 Å². The van der Waals surface area contributed by atoms with Crippen LogP contribution in [0, 0.1) is 10.1 Å². The molecule has 104 valence electrons. The highest BCUT2D eigenvalue weighted by atomic mass is 79.9. The second-order valence-electron chi connectivity index (χ2n) is 3.76. The van der Waals surface area contributed by atoms with E-state index in [1.807, 2.05) is 11.4 Å². The largest absolute Gasteiger partial charge is 0.384 e. The summed E-state index contributed by atoms with van der Waals surface area (Å²) >= 11 is 4.81. The first-order chi connectivity index (χ1) is 9.49. The summed E-state index contributed by atoms with van der Waals surface area (Å²) < 4.78 is 0.881. The monoisotopic (exact) mass is 356 g/mol. The highest BCUT2D eigenvalue weighted by Gasteiger charge is 2.21. The fourth-order valence-corrected chi connectivity index (χ4v) is 2.93. The molecule has 0 spiro atoms. The van der Waals surface area contributed by atoms with Crippen molar-refractivity contribution in [3.63, 3.8) is 0 Å². The molecule has 0 aliphatic carbocycles. The number of anilines is 1. The number of amides is 1. The molecule has 0 aromatic carbocycles. The summed E-state index contributed by atoms with van der Waals surface area (Å²) in [6, 6.07) is 3.05. The van der Waals surface area contributed by atoms with Gasteiger partial charge in [-0.1, -0.05) is 0 Å². The molecule has 0 saturated heterocycles. The summed E-state index contributed by atoms with van der Waals surface area (Å²) in [4.78, 5) is 26.8. The summed E-state index contributed by atoms with van der Waals surface area (Å²) in [5.41, 5.74) is 4.99. The average molecular weight is 357 g/mol. The summed E-state index contributed by atoms with van der Waals surface area (Å²) in [5, 5.41) is 15.4. The molecule has 2 heterocycles. The van der Waals surface area contributed by atoms with Crippen LogP contribution in [0.3, 0.4) is 0 Å². The number of nitrogens with one attached hydrogen (secondary N) is 1. The van der Waals surface area contributed by atoms with Crippen molar-refractivity contribution >= 4 is 44.7 Å². The fraction of sp³-hybridized carbons (Fsp3) is 0.0909. The first-order valence-corrected chi connectivity index (χ1v) is 7.06. The third kappa shape index (κ3) is 3.11. The van der Waals surface area contributed by atoms with E-state index in [9.17, 15) is 14.9 Å². The van der Waals surface area contributed by atoms with Gasteiger partial charge in [-0.2, -0.15) is 0 Å². The van der Waals surface area contributed by atoms with E-state index >= 15 is 0 Å². The van der Waals surface area contributed by atoms with Gasteiger partial charge < -0.3 is 11.1 Å². The van der Waals surface area contributed by atoms with Crippen LogP contribution in [0.2, 0.25) is 0 Å². The van der Waals surface area contributed by atoms with Crippen LogP contribution in [0.15, 0.2) is 28.2 Å². The van der Waals surface area contributed by atoms with E-state index in [1.165, 1.54) is 17.4 Å². The van der Waals surface area contributed by atoms with Crippen LogP contribution in [0.4, 0.5) is 11.5 Å². The number of carbonyl (C=O) groups excluding carboxylic acids is 1. The van der Waals surface area contributed by atoms with Crippen LogP contribution in [-0.4, -0.2) is 15.8 Å². The van der Waals surface area contributed by atoms with Crippen molar-refractivity contribution in [2.75, 3.05) is 5.73 Å². The Balaban J connectivity index is 2.19. The number of hydrogen-bond acceptors (Lipinski definition) is 6. The van der Waals surface area contributed by atoms with E-state index in [4.69, 9.17) is 5.73 Å². The van der Waals surface area contributed by atoms with Crippen molar-refractivity contribution in [2.24, 2.45) is 0 Å². The minimum atomic E-state index is -0.664. The topological polar surface area (TPSA) is 111 Å². The number of rotatable bonds is 4. The van der Waals surface area contributed by atoms with E-state index in [0.29, 0.717) is 0 Å². The lowest BCUT2D eigenvalue weighted by Crippen LogP contribution is -2.23. The highest BCUT2D eigenvalue weighted by Crippen LogP contribution is 2.23. The van der Waals surface area contributed by atoms with Gasteiger partial charge in [0.05, 0.1) is 11.5 Å². The van der Waals surface area contributed by atoms with E-state index in [0.717, 1.165) is 15.5 Å². The lowest BCUT2D eigenvalue weighted by Gasteiger charge is -2.05. The van der Waals surface area contributed by atoms with Gasteiger partial charge in [-0.3, -0.25) is 14.9 Å². The number of thiophene rings is 1. The summed E-state index contributed by atoms with van der Waals surface area (Å²) in [7, 11) is 0. The first-order valence-electron chi connectivity index (χ1n) is 5.39. The predicted octanol–water partition coefficient (Wildman–Crippen LogP) is 2.33. The maximum atomic E-state index is 12.0. The Labute approximate surface area is 126 Å². The third-order valence-electron chi connectivity index (χ3n) is 2.45. The number of nitrogens with two attached hydrogens (primary N) is 1. The average Bonchev–Trinajstić information content (AvgIpc) is 2.81. The lowest BCUT2D eigenvalue weighted by molar-refractivity contribution is -0.385. The van der Waals surface area contributed by atoms with Gasteiger partial charge in [-0.25, -0.2) is 4.98 Å². The zero-order chi connectivity index (χ0) is 14.7. The fourth-order valence-electron chi connectivity index (χ4n) is 1.50. The maximum absolute atomic E-state index is 12.0. The Hall–Kier alpha value is -2.00. The molecule has 0 radical (unpaired) electrons. The summed E-state index contributed by atoms with van der Waals surface area (Å²) in [5.74, 6) is -0.510. The number of pyridine rings is 1. The second kappa shape index (κ2) is 5.97. The minimum Gasteiger partial charge on any atom is -0.384 e. The molecule has 0 bridgehead atoms. The van der Waals surface area contributed by atoms with Gasteiger partial charge in [-0.05, 0) is 33.4 Å². The molecule has 0 aliphatic heterocycles. The van der Waals surface area contributed by atoms with Gasteiger partial charge in [0.15, 0.2) is 0 Å². The molecule has 0 fully saturated rings. The number of halogens is 1. The van der Waals surface area contributed by atoms with Gasteiger partial charge >= 0.3 is 0 Å². The van der Waals surface area contributed by atoms with Crippen molar-refractivity contribution in [3.05, 3.63) is 48.7 Å². The molecule has 0 unspecified atom stereocenters. The Morgan fingerprint density at radius 3 is 2.95 bits per heavy atom. The van der Waals surface area contributed by atoms with Crippen LogP contribution >= 0.6 is 27.3 Å². The number of nitrogens with zero attached hydrogens (tertiary/aromatic N) is 2. The molecule has 0 atom stereocenters. The lowest BCUT2D eigenvalue weighted by atomic mass is 10.2. The quantitative estimate of drug-likeness (QED) is 0.644. The normalized spacial score (nSPS) is 10.2. The Bertz CT molecular complexity index is 673. The molecule has 2 aromatic rings. The van der Waals surface area contributed by atoms with E-state index in [1.54, 1.807) is 0 Å². The van der Waals surface area contributed by atoms with Crippen LogP contribution < -0.4 is 11.1 Å². The Morgan fingerprint density at radius 1 is 1.60 bits per heavy atom. The van der Waals surface area contributed by atoms with Gasteiger partial charge in [0.2, 0.25) is 0 Å². The number of nitro groups is 1. The Morgan fingerprint density at radius 2 is 2.35 bits per heavy atom. The second-order valence-corrected chi connectivity index (χ2v) is 5.61. The van der Waals surface area contributed by atoms with Crippen LogP contribution in [0.5, 0.6) is 0 Å². The molecule has 9 heteroatoms. The van der Waals surface area contributed by atoms with Crippen molar-refractivity contribution in [3.8, 4) is 0 Å². The summed E-state index contributed by atoms with van der Waals surface area (Å²) in [6.07, 6.45) is 0.977. The van der Waals surface area contributed by atoms with Crippen molar-refractivity contribution < 1.29 is 9.72 Å². The molecular formula is C11H9BrN4O3S. The maximum Gasteiger partial charge on any atom is 0.300 e. The first kappa shape index (κ1) is 14.4. The third-order valence-corrected chi connectivity index (χ3v) is 4.37. The SMILES string of the molecule is Nc1cc(C(=O)NCc2sccc2Br)c([N+](=O)[O-])cn1. The number of carbonyl (C=O) groups is 1. The molecule has 7 nitrogen and oxygen atoms in total. The number of hydrogen-bond donors (Lipinski definition) is 2. The molecule has 20 heavy (non-hydrogen) atoms. The zero-order valence-corrected chi connectivity index (χ0v) is 12.4. The number of aromatic nitrogens is 1. The van der Waals surface area contributed by atoms with Crippen molar-refractivity contribution in [1.82, 2.24) is 10.3 Å². The van der Waals surface area contributed by atoms with E-state index in [2.05, 4.69) is 26.2 Å². The molecular weight excluding hydrogens is 348 g/mol. The predicted molar refractivity (Wildman–Crippen MR) is 78.5 cm³/mol. The Kier molecular flexibility index (Phi) is 4.30.